The normalized spacial score (nSPS) is 14.4. The van der Waals surface area contributed by atoms with Crippen LogP contribution < -0.4 is 15.6 Å². The number of carbonyl (C=O) groups excluding carboxylic acids is 1. The Hall–Kier alpha value is -4.30. The molecule has 3 aromatic carbocycles. The first-order valence-electron chi connectivity index (χ1n) is 10.7. The van der Waals surface area contributed by atoms with Crippen LogP contribution in [0.3, 0.4) is 0 Å². The van der Waals surface area contributed by atoms with Gasteiger partial charge in [-0.3, -0.25) is 19.0 Å². The fourth-order valence-electron chi connectivity index (χ4n) is 4.34. The molecule has 176 valence electrons. The third-order valence-corrected chi connectivity index (χ3v) is 6.19. The molecule has 5 rings (SSSR count). The number of nitrogens with one attached hydrogen (secondary N) is 1. The van der Waals surface area contributed by atoms with Gasteiger partial charge in [-0.25, -0.2) is 0 Å². The summed E-state index contributed by atoms with van der Waals surface area (Å²) in [5, 5.41) is 22.7. The van der Waals surface area contributed by atoms with Crippen LogP contribution in [-0.2, 0) is 4.79 Å². The number of carbonyl (C=O) groups is 2. The fraction of sp³-hybridized carbons (Fsp3) is 0.115. The number of nitrogens with zero attached hydrogens (tertiary/aromatic N) is 1. The maximum Gasteiger partial charge on any atom is 0.322 e. The quantitative estimate of drug-likeness (QED) is 0.391. The molecule has 0 radical (unpaired) electrons. The summed E-state index contributed by atoms with van der Waals surface area (Å²) in [6.45, 7) is -0.559. The molecule has 1 unspecified atom stereocenters. The molecule has 2 heterocycles. The minimum absolute atomic E-state index is 0.128. The molecule has 1 atom stereocenters. The van der Waals surface area contributed by atoms with Gasteiger partial charge in [0.05, 0.1) is 11.6 Å². The summed E-state index contributed by atoms with van der Waals surface area (Å²) in [6.07, 6.45) is 0. The second kappa shape index (κ2) is 8.81. The Kier molecular flexibility index (Phi) is 5.66. The van der Waals surface area contributed by atoms with Gasteiger partial charge >= 0.3 is 5.97 Å². The number of hydrogen-bond donors (Lipinski definition) is 3. The van der Waals surface area contributed by atoms with Crippen molar-refractivity contribution in [3.05, 3.63) is 93.2 Å². The molecule has 1 aliphatic rings. The van der Waals surface area contributed by atoms with Crippen molar-refractivity contribution >= 4 is 34.4 Å². The van der Waals surface area contributed by atoms with Crippen LogP contribution in [0.25, 0.3) is 22.0 Å². The van der Waals surface area contributed by atoms with Crippen LogP contribution in [0.4, 0.5) is 0 Å². The van der Waals surface area contributed by atoms with E-state index in [2.05, 4.69) is 5.32 Å². The molecule has 0 aliphatic carbocycles. The largest absolute Gasteiger partial charge is 0.506 e. The van der Waals surface area contributed by atoms with Gasteiger partial charge in [0.15, 0.2) is 0 Å². The molecular weight excluding hydrogens is 472 g/mol. The number of carboxylic acid groups (broad SMARTS) is 1. The molecule has 9 heteroatoms. The van der Waals surface area contributed by atoms with E-state index in [0.717, 1.165) is 16.7 Å². The number of pyridine rings is 1. The van der Waals surface area contributed by atoms with Crippen LogP contribution in [-0.4, -0.2) is 39.8 Å². The van der Waals surface area contributed by atoms with Crippen LogP contribution in [0.2, 0.25) is 5.02 Å². The molecule has 1 aromatic heterocycles. The zero-order chi connectivity index (χ0) is 24.7. The van der Waals surface area contributed by atoms with Gasteiger partial charge in [-0.2, -0.15) is 0 Å². The number of aliphatic carboxylic acids is 1. The first kappa shape index (κ1) is 22.5. The van der Waals surface area contributed by atoms with Crippen LogP contribution in [0.15, 0.2) is 71.5 Å². The number of carboxylic acids is 1. The number of benzene rings is 3. The van der Waals surface area contributed by atoms with E-state index in [1.54, 1.807) is 24.3 Å². The van der Waals surface area contributed by atoms with E-state index in [1.165, 1.54) is 4.57 Å². The highest BCUT2D eigenvalue weighted by molar-refractivity contribution is 6.30. The third kappa shape index (κ3) is 3.98. The number of aromatic nitrogens is 1. The van der Waals surface area contributed by atoms with E-state index in [0.29, 0.717) is 16.3 Å². The minimum Gasteiger partial charge on any atom is -0.506 e. The number of halogens is 1. The Labute approximate surface area is 204 Å². The van der Waals surface area contributed by atoms with Gasteiger partial charge in [0.1, 0.15) is 30.2 Å². The van der Waals surface area contributed by atoms with Crippen LogP contribution >= 0.6 is 11.6 Å². The molecule has 0 bridgehead atoms. The number of para-hydroxylation sites is 1. The van der Waals surface area contributed by atoms with E-state index >= 15 is 0 Å². The maximum absolute atomic E-state index is 13.5. The molecule has 0 saturated heterocycles. The standard InChI is InChI=1S/C26H19ClN2O6/c27-17-4-1-3-16(11-17)14-7-9-15(10-8-14)19-13-35-20-6-2-5-18-23(20)29(19)26(34)22(24(18)32)25(33)28-12-21(30)31/h1-11,19,32H,12-13H2,(H,28,33)(H,30,31). The van der Waals surface area contributed by atoms with E-state index < -0.39 is 41.3 Å². The highest BCUT2D eigenvalue weighted by Crippen LogP contribution is 2.38. The van der Waals surface area contributed by atoms with Crippen molar-refractivity contribution in [3.63, 3.8) is 0 Å². The average Bonchev–Trinajstić information content (AvgIpc) is 2.86. The highest BCUT2D eigenvalue weighted by atomic mass is 35.5. The van der Waals surface area contributed by atoms with Crippen molar-refractivity contribution in [1.29, 1.82) is 0 Å². The predicted octanol–water partition coefficient (Wildman–Crippen LogP) is 3.82. The zero-order valence-electron chi connectivity index (χ0n) is 18.2. The Balaban J connectivity index is 1.64. The summed E-state index contributed by atoms with van der Waals surface area (Å²) in [4.78, 5) is 37.1. The van der Waals surface area contributed by atoms with Crippen LogP contribution in [0.1, 0.15) is 22.0 Å². The molecule has 0 fully saturated rings. The van der Waals surface area contributed by atoms with Crippen molar-refractivity contribution in [2.45, 2.75) is 6.04 Å². The number of hydrogen-bond acceptors (Lipinski definition) is 5. The summed E-state index contributed by atoms with van der Waals surface area (Å²) < 4.78 is 7.34. The molecular formula is C26H19ClN2O6. The Bertz CT molecular complexity index is 1540. The number of rotatable bonds is 5. The second-order valence-corrected chi connectivity index (χ2v) is 8.52. The molecule has 1 amide bonds. The molecule has 1 aliphatic heterocycles. The Morgan fingerprint density at radius 2 is 1.80 bits per heavy atom. The number of aromatic hydroxyl groups is 1. The lowest BCUT2D eigenvalue weighted by Gasteiger charge is -2.29. The summed E-state index contributed by atoms with van der Waals surface area (Å²) in [5.74, 6) is -2.35. The van der Waals surface area contributed by atoms with E-state index in [1.807, 2.05) is 42.5 Å². The van der Waals surface area contributed by atoms with Crippen LogP contribution in [0.5, 0.6) is 11.5 Å². The van der Waals surface area contributed by atoms with Gasteiger partial charge in [-0.15, -0.1) is 0 Å². The lowest BCUT2D eigenvalue weighted by Crippen LogP contribution is -2.39. The minimum atomic E-state index is -1.27. The number of amides is 1. The van der Waals surface area contributed by atoms with Crippen molar-refractivity contribution in [3.8, 4) is 22.6 Å². The first-order valence-corrected chi connectivity index (χ1v) is 11.1. The van der Waals surface area contributed by atoms with E-state index in [4.69, 9.17) is 21.4 Å². The Morgan fingerprint density at radius 3 is 2.51 bits per heavy atom. The Morgan fingerprint density at radius 1 is 1.06 bits per heavy atom. The SMILES string of the molecule is O=C(O)CNC(=O)c1c(O)c2cccc3c2n(c1=O)C(c1ccc(-c2cccc(Cl)c2)cc1)CO3. The van der Waals surface area contributed by atoms with Crippen molar-refractivity contribution in [2.24, 2.45) is 0 Å². The van der Waals surface area contributed by atoms with Gasteiger partial charge in [-0.05, 0) is 41.0 Å². The van der Waals surface area contributed by atoms with Gasteiger partial charge in [0.25, 0.3) is 11.5 Å². The lowest BCUT2D eigenvalue weighted by atomic mass is 9.99. The topological polar surface area (TPSA) is 118 Å². The van der Waals surface area contributed by atoms with Gasteiger partial charge in [0, 0.05) is 10.4 Å². The molecule has 0 saturated carbocycles. The maximum atomic E-state index is 13.5. The summed E-state index contributed by atoms with van der Waals surface area (Å²) >= 11 is 6.11. The molecule has 3 N–H and O–H groups in total. The third-order valence-electron chi connectivity index (χ3n) is 5.95. The predicted molar refractivity (Wildman–Crippen MR) is 130 cm³/mol. The van der Waals surface area contributed by atoms with Crippen molar-refractivity contribution < 1.29 is 24.5 Å². The molecule has 0 spiro atoms. The second-order valence-electron chi connectivity index (χ2n) is 8.09. The highest BCUT2D eigenvalue weighted by Gasteiger charge is 2.31. The smallest absolute Gasteiger partial charge is 0.322 e. The van der Waals surface area contributed by atoms with Gasteiger partial charge in [0.2, 0.25) is 0 Å². The summed E-state index contributed by atoms with van der Waals surface area (Å²) in [7, 11) is 0. The summed E-state index contributed by atoms with van der Waals surface area (Å²) in [5.41, 5.74) is 1.74. The average molecular weight is 491 g/mol. The van der Waals surface area contributed by atoms with Crippen LogP contribution in [0, 0.1) is 0 Å². The molecule has 4 aromatic rings. The van der Waals surface area contributed by atoms with Crippen molar-refractivity contribution in [1.82, 2.24) is 9.88 Å². The van der Waals surface area contributed by atoms with E-state index in [9.17, 15) is 19.5 Å². The fourth-order valence-corrected chi connectivity index (χ4v) is 4.53. The lowest BCUT2D eigenvalue weighted by molar-refractivity contribution is -0.135. The first-order chi connectivity index (χ1) is 16.8. The molecule has 35 heavy (non-hydrogen) atoms. The zero-order valence-corrected chi connectivity index (χ0v) is 19.0. The van der Waals surface area contributed by atoms with Gasteiger partial charge < -0.3 is 20.3 Å². The monoisotopic (exact) mass is 490 g/mol. The summed E-state index contributed by atoms with van der Waals surface area (Å²) in [6, 6.07) is 19.3. The van der Waals surface area contributed by atoms with Crippen molar-refractivity contribution in [2.75, 3.05) is 13.2 Å². The van der Waals surface area contributed by atoms with Gasteiger partial charge in [-0.1, -0.05) is 54.1 Å². The number of ether oxygens (including phenoxy) is 1. The van der Waals surface area contributed by atoms with E-state index in [-0.39, 0.29) is 12.0 Å². The molecule has 8 nitrogen and oxygen atoms in total.